The van der Waals surface area contributed by atoms with Crippen molar-refractivity contribution >= 4 is 17.6 Å². The maximum atomic E-state index is 13.6. The minimum absolute atomic E-state index is 0.175. The van der Waals surface area contributed by atoms with E-state index >= 15 is 0 Å². The number of pyridine rings is 1. The summed E-state index contributed by atoms with van der Waals surface area (Å²) in [5.74, 6) is 1.46. The number of urea groups is 1. The first kappa shape index (κ1) is 27.3. The van der Waals surface area contributed by atoms with Crippen LogP contribution in [-0.4, -0.2) is 41.3 Å². The van der Waals surface area contributed by atoms with Crippen LogP contribution >= 0.6 is 11.6 Å². The van der Waals surface area contributed by atoms with Gasteiger partial charge in [0.25, 0.3) is 0 Å². The molecule has 206 valence electrons. The summed E-state index contributed by atoms with van der Waals surface area (Å²) in [5, 5.41) is 13.4. The lowest BCUT2D eigenvalue weighted by atomic mass is 9.87. The monoisotopic (exact) mass is 557 g/mol. The lowest BCUT2D eigenvalue weighted by Gasteiger charge is -2.38. The van der Waals surface area contributed by atoms with E-state index in [4.69, 9.17) is 21.1 Å². The molecule has 1 aromatic heterocycles. The van der Waals surface area contributed by atoms with E-state index in [-0.39, 0.29) is 11.8 Å². The largest absolute Gasteiger partial charge is 0.508 e. The number of ether oxygens (including phenoxy) is 2. The number of aromatic hydroxyl groups is 1. The van der Waals surface area contributed by atoms with Crippen molar-refractivity contribution in [2.75, 3.05) is 20.3 Å². The highest BCUT2D eigenvalue weighted by Gasteiger charge is 2.34. The van der Waals surface area contributed by atoms with Crippen LogP contribution in [0.4, 0.5) is 4.79 Å². The third-order valence-corrected chi connectivity index (χ3v) is 7.44. The van der Waals surface area contributed by atoms with Crippen molar-refractivity contribution in [2.45, 2.75) is 32.4 Å². The number of phenolic OH excluding ortho intramolecular Hbond substituents is 1. The molecule has 1 unspecified atom stereocenters. The van der Waals surface area contributed by atoms with Gasteiger partial charge >= 0.3 is 6.03 Å². The van der Waals surface area contributed by atoms with Crippen molar-refractivity contribution in [1.82, 2.24) is 15.2 Å². The average Bonchev–Trinajstić information content (AvgIpc) is 2.96. The van der Waals surface area contributed by atoms with Crippen molar-refractivity contribution in [2.24, 2.45) is 0 Å². The molecule has 0 bridgehead atoms. The van der Waals surface area contributed by atoms with E-state index in [1.807, 2.05) is 66.4 Å². The Morgan fingerprint density at radius 2 is 1.88 bits per heavy atom. The number of nitrogens with zero attached hydrogens (tertiary/aromatic N) is 2. The number of halogens is 1. The van der Waals surface area contributed by atoms with Crippen LogP contribution in [0.2, 0.25) is 5.02 Å². The average molecular weight is 558 g/mol. The summed E-state index contributed by atoms with van der Waals surface area (Å²) in [6.07, 6.45) is 4.70. The second-order valence-electron chi connectivity index (χ2n) is 9.86. The number of fused-ring (bicyclic) bond motifs is 1. The van der Waals surface area contributed by atoms with Crippen LogP contribution in [0.25, 0.3) is 0 Å². The smallest absolute Gasteiger partial charge is 0.318 e. The third-order valence-electron chi connectivity index (χ3n) is 7.12. The Bertz CT molecular complexity index is 1500. The van der Waals surface area contributed by atoms with Gasteiger partial charge in [0.1, 0.15) is 5.75 Å². The van der Waals surface area contributed by atoms with Crippen molar-refractivity contribution in [3.8, 4) is 17.2 Å². The number of aromatic nitrogens is 1. The van der Waals surface area contributed by atoms with Gasteiger partial charge in [-0.2, -0.15) is 0 Å². The van der Waals surface area contributed by atoms with Crippen LogP contribution in [0.5, 0.6) is 17.2 Å². The predicted molar refractivity (Wildman–Crippen MR) is 155 cm³/mol. The molecule has 1 atom stereocenters. The summed E-state index contributed by atoms with van der Waals surface area (Å²) < 4.78 is 11.9. The molecule has 0 radical (unpaired) electrons. The minimum Gasteiger partial charge on any atom is -0.508 e. The first-order valence-electron chi connectivity index (χ1n) is 13.2. The number of phenols is 1. The van der Waals surface area contributed by atoms with Gasteiger partial charge in [-0.3, -0.25) is 4.98 Å². The van der Waals surface area contributed by atoms with Crippen molar-refractivity contribution in [1.29, 1.82) is 0 Å². The van der Waals surface area contributed by atoms with Crippen LogP contribution in [0.3, 0.4) is 0 Å². The first-order chi connectivity index (χ1) is 19.4. The molecule has 0 fully saturated rings. The molecule has 7 nitrogen and oxygen atoms in total. The Balaban J connectivity index is 1.46. The molecule has 1 aliphatic heterocycles. The van der Waals surface area contributed by atoms with Crippen LogP contribution < -0.4 is 14.8 Å². The summed E-state index contributed by atoms with van der Waals surface area (Å²) in [4.78, 5) is 19.5. The Hall–Kier alpha value is -4.23. The Morgan fingerprint density at radius 1 is 1.05 bits per heavy atom. The van der Waals surface area contributed by atoms with Gasteiger partial charge in [-0.05, 0) is 89.2 Å². The van der Waals surface area contributed by atoms with E-state index in [0.717, 1.165) is 33.4 Å². The van der Waals surface area contributed by atoms with E-state index in [9.17, 15) is 9.90 Å². The molecule has 0 spiro atoms. The topological polar surface area (TPSA) is 83.9 Å². The zero-order valence-corrected chi connectivity index (χ0v) is 23.3. The zero-order valence-electron chi connectivity index (χ0n) is 22.6. The second-order valence-corrected chi connectivity index (χ2v) is 10.3. The number of amides is 2. The SMILES string of the molecule is COc1cc2c(cc1OCCc1cccc(O)c1)C(c1ccc(C)cc1Cl)N(C(=O)NCc1ccncc1)CC2. The lowest BCUT2D eigenvalue weighted by Crippen LogP contribution is -2.46. The summed E-state index contributed by atoms with van der Waals surface area (Å²) in [6, 6.07) is 20.2. The Morgan fingerprint density at radius 3 is 2.62 bits per heavy atom. The van der Waals surface area contributed by atoms with Gasteiger partial charge in [0.15, 0.2) is 11.5 Å². The summed E-state index contributed by atoms with van der Waals surface area (Å²) in [7, 11) is 1.62. The number of carbonyl (C=O) groups is 1. The Kier molecular flexibility index (Phi) is 8.41. The number of methoxy groups -OCH3 is 1. The number of aryl methyl sites for hydroxylation is 1. The number of rotatable bonds is 8. The van der Waals surface area contributed by atoms with Crippen LogP contribution in [0.1, 0.15) is 39.4 Å². The molecule has 2 heterocycles. The van der Waals surface area contributed by atoms with E-state index in [1.165, 1.54) is 0 Å². The molecule has 3 aromatic carbocycles. The fourth-order valence-corrected chi connectivity index (χ4v) is 5.42. The molecule has 4 aromatic rings. The highest BCUT2D eigenvalue weighted by molar-refractivity contribution is 6.31. The number of hydrogen-bond donors (Lipinski definition) is 2. The number of carbonyl (C=O) groups excluding carboxylic acids is 1. The van der Waals surface area contributed by atoms with Crippen LogP contribution in [-0.2, 0) is 19.4 Å². The standard InChI is InChI=1S/C32H32ClN3O4/c1-21-6-7-26(28(33)16-21)31-27-19-30(40-15-11-22-4-3-5-25(37)17-22)29(39-2)18-24(27)10-14-36(31)32(38)35-20-23-8-12-34-13-9-23/h3-9,12-13,16-19,31,37H,10-11,14-15,20H2,1-2H3,(H,35,38). The second kappa shape index (κ2) is 12.3. The van der Waals surface area contributed by atoms with Gasteiger partial charge < -0.3 is 24.8 Å². The van der Waals surface area contributed by atoms with Gasteiger partial charge in [-0.1, -0.05) is 35.9 Å². The van der Waals surface area contributed by atoms with E-state index in [0.29, 0.717) is 49.1 Å². The maximum Gasteiger partial charge on any atom is 0.318 e. The molecule has 0 saturated heterocycles. The molecule has 0 saturated carbocycles. The highest BCUT2D eigenvalue weighted by Crippen LogP contribution is 2.43. The molecule has 8 heteroatoms. The molecular formula is C32H32ClN3O4. The lowest BCUT2D eigenvalue weighted by molar-refractivity contribution is 0.179. The zero-order chi connectivity index (χ0) is 28.1. The van der Waals surface area contributed by atoms with Gasteiger partial charge in [0.05, 0.1) is 19.8 Å². The molecule has 1 aliphatic rings. The molecule has 2 amide bonds. The maximum absolute atomic E-state index is 13.6. The van der Waals surface area contributed by atoms with Crippen molar-refractivity contribution in [3.63, 3.8) is 0 Å². The predicted octanol–water partition coefficient (Wildman–Crippen LogP) is 6.24. The van der Waals surface area contributed by atoms with Gasteiger partial charge in [-0.15, -0.1) is 0 Å². The first-order valence-corrected chi connectivity index (χ1v) is 13.6. The molecule has 0 aliphatic carbocycles. The van der Waals surface area contributed by atoms with Crippen LogP contribution in [0, 0.1) is 6.92 Å². The summed E-state index contributed by atoms with van der Waals surface area (Å²) in [6.45, 7) is 3.30. The van der Waals surface area contributed by atoms with Crippen molar-refractivity contribution in [3.05, 3.63) is 118 Å². The number of nitrogens with one attached hydrogen (secondary N) is 1. The van der Waals surface area contributed by atoms with Gasteiger partial charge in [-0.25, -0.2) is 4.79 Å². The fourth-order valence-electron chi connectivity index (χ4n) is 5.08. The number of benzene rings is 3. The quantitative estimate of drug-likeness (QED) is 0.268. The third kappa shape index (κ3) is 6.15. The van der Waals surface area contributed by atoms with Gasteiger partial charge in [0, 0.05) is 36.9 Å². The van der Waals surface area contributed by atoms with E-state index in [2.05, 4.69) is 10.3 Å². The summed E-state index contributed by atoms with van der Waals surface area (Å²) in [5.41, 5.74) is 5.87. The molecular weight excluding hydrogens is 526 g/mol. The minimum atomic E-state index is -0.409. The van der Waals surface area contributed by atoms with E-state index in [1.54, 1.807) is 31.6 Å². The molecule has 5 rings (SSSR count). The normalized spacial score (nSPS) is 14.4. The van der Waals surface area contributed by atoms with Crippen LogP contribution in [0.15, 0.2) is 79.1 Å². The molecule has 2 N–H and O–H groups in total. The number of hydrogen-bond acceptors (Lipinski definition) is 5. The molecule has 40 heavy (non-hydrogen) atoms. The van der Waals surface area contributed by atoms with Crippen molar-refractivity contribution < 1.29 is 19.4 Å². The van der Waals surface area contributed by atoms with Gasteiger partial charge in [0.2, 0.25) is 0 Å². The summed E-state index contributed by atoms with van der Waals surface area (Å²) >= 11 is 6.79. The Labute approximate surface area is 239 Å². The fraction of sp³-hybridized carbons (Fsp3) is 0.250. The van der Waals surface area contributed by atoms with E-state index < -0.39 is 6.04 Å². The highest BCUT2D eigenvalue weighted by atomic mass is 35.5.